The summed E-state index contributed by atoms with van der Waals surface area (Å²) in [5.41, 5.74) is 1.29. The summed E-state index contributed by atoms with van der Waals surface area (Å²) in [5.74, 6) is 0. The first-order chi connectivity index (χ1) is 10.3. The van der Waals surface area contributed by atoms with E-state index >= 15 is 0 Å². The van der Waals surface area contributed by atoms with Crippen molar-refractivity contribution in [2.24, 2.45) is 0 Å². The van der Waals surface area contributed by atoms with Crippen molar-refractivity contribution in [1.29, 1.82) is 0 Å². The number of benzene rings is 1. The largest absolute Gasteiger partial charge is 0.306 e. The number of pyridine rings is 1. The first-order valence-corrected chi connectivity index (χ1v) is 8.72. The summed E-state index contributed by atoms with van der Waals surface area (Å²) in [6.45, 7) is 3.19. The second kappa shape index (κ2) is 6.69. The van der Waals surface area contributed by atoms with E-state index in [9.17, 15) is 0 Å². The molecule has 0 spiro atoms. The molecule has 0 aliphatic rings. The van der Waals surface area contributed by atoms with Crippen LogP contribution >= 0.6 is 27.3 Å². The molecular formula is C17H17BrN2S. The van der Waals surface area contributed by atoms with Crippen molar-refractivity contribution in [3.63, 3.8) is 0 Å². The van der Waals surface area contributed by atoms with E-state index in [4.69, 9.17) is 0 Å². The Balaban J connectivity index is 2.09. The van der Waals surface area contributed by atoms with Gasteiger partial charge in [-0.05, 0) is 58.0 Å². The van der Waals surface area contributed by atoms with E-state index in [-0.39, 0.29) is 6.04 Å². The van der Waals surface area contributed by atoms with Crippen LogP contribution in [-0.4, -0.2) is 11.5 Å². The number of hydrogen-bond donors (Lipinski definition) is 1. The van der Waals surface area contributed by atoms with Crippen molar-refractivity contribution in [1.82, 2.24) is 10.3 Å². The summed E-state index contributed by atoms with van der Waals surface area (Å²) in [6.07, 6.45) is 4.93. The number of halogens is 1. The van der Waals surface area contributed by atoms with Crippen molar-refractivity contribution in [2.45, 2.75) is 19.4 Å². The lowest BCUT2D eigenvalue weighted by molar-refractivity contribution is 0.609. The van der Waals surface area contributed by atoms with Gasteiger partial charge in [0.15, 0.2) is 0 Å². The Morgan fingerprint density at radius 2 is 2.14 bits per heavy atom. The van der Waals surface area contributed by atoms with Gasteiger partial charge in [-0.2, -0.15) is 0 Å². The van der Waals surface area contributed by atoms with Crippen LogP contribution in [0.1, 0.15) is 29.8 Å². The fraction of sp³-hybridized carbons (Fsp3) is 0.235. The van der Waals surface area contributed by atoms with Gasteiger partial charge in [0.05, 0.1) is 9.83 Å². The summed E-state index contributed by atoms with van der Waals surface area (Å²) >= 11 is 5.35. The maximum absolute atomic E-state index is 4.30. The molecule has 0 aliphatic heterocycles. The minimum atomic E-state index is 0.217. The molecule has 0 aliphatic carbocycles. The molecule has 2 nitrogen and oxygen atoms in total. The lowest BCUT2D eigenvalue weighted by Crippen LogP contribution is -2.22. The van der Waals surface area contributed by atoms with Crippen LogP contribution < -0.4 is 5.32 Å². The second-order valence-electron chi connectivity index (χ2n) is 4.97. The molecule has 0 saturated carbocycles. The molecule has 0 amide bonds. The molecular weight excluding hydrogens is 344 g/mol. The zero-order valence-electron chi connectivity index (χ0n) is 11.8. The molecule has 1 aromatic carbocycles. The molecule has 3 rings (SSSR count). The van der Waals surface area contributed by atoms with Crippen molar-refractivity contribution in [3.05, 3.63) is 63.0 Å². The standard InChI is InChI=1S/C17H17BrN2S/c1-2-9-20-17(15-6-7-16(18)21-15)13-5-3-4-12-8-10-19-11-14(12)13/h3-8,10-11,17,20H,2,9H2,1H3. The van der Waals surface area contributed by atoms with Crippen LogP contribution in [0.4, 0.5) is 0 Å². The smallest absolute Gasteiger partial charge is 0.0702 e. The molecule has 0 radical (unpaired) electrons. The van der Waals surface area contributed by atoms with E-state index in [1.54, 1.807) is 11.3 Å². The van der Waals surface area contributed by atoms with Gasteiger partial charge in [-0.1, -0.05) is 25.1 Å². The minimum absolute atomic E-state index is 0.217. The fourth-order valence-electron chi connectivity index (χ4n) is 2.52. The highest BCUT2D eigenvalue weighted by Gasteiger charge is 2.17. The number of hydrogen-bond acceptors (Lipinski definition) is 3. The monoisotopic (exact) mass is 360 g/mol. The van der Waals surface area contributed by atoms with Gasteiger partial charge in [0.2, 0.25) is 0 Å². The quantitative estimate of drug-likeness (QED) is 0.680. The van der Waals surface area contributed by atoms with Gasteiger partial charge in [-0.3, -0.25) is 4.98 Å². The molecule has 1 atom stereocenters. The summed E-state index contributed by atoms with van der Waals surface area (Å²) in [5, 5.41) is 6.13. The van der Waals surface area contributed by atoms with Crippen molar-refractivity contribution in [3.8, 4) is 0 Å². The van der Waals surface area contributed by atoms with E-state index < -0.39 is 0 Å². The Morgan fingerprint density at radius 1 is 1.24 bits per heavy atom. The lowest BCUT2D eigenvalue weighted by Gasteiger charge is -2.19. The first kappa shape index (κ1) is 14.7. The Bertz CT molecular complexity index is 733. The van der Waals surface area contributed by atoms with Crippen LogP contribution in [0, 0.1) is 0 Å². The fourth-order valence-corrected chi connectivity index (χ4v) is 4.04. The van der Waals surface area contributed by atoms with Crippen LogP contribution in [0.3, 0.4) is 0 Å². The molecule has 0 saturated heterocycles. The number of nitrogens with one attached hydrogen (secondary N) is 1. The number of thiophene rings is 1. The predicted molar refractivity (Wildman–Crippen MR) is 93.9 cm³/mol. The van der Waals surface area contributed by atoms with E-state index in [1.807, 2.05) is 12.4 Å². The van der Waals surface area contributed by atoms with E-state index in [2.05, 4.69) is 69.6 Å². The van der Waals surface area contributed by atoms with Crippen molar-refractivity contribution < 1.29 is 0 Å². The molecule has 0 bridgehead atoms. The molecule has 108 valence electrons. The molecule has 2 heterocycles. The van der Waals surface area contributed by atoms with Crippen LogP contribution in [0.5, 0.6) is 0 Å². The molecule has 2 aromatic heterocycles. The van der Waals surface area contributed by atoms with Gasteiger partial charge >= 0.3 is 0 Å². The summed E-state index contributed by atoms with van der Waals surface area (Å²) in [4.78, 5) is 5.63. The number of fused-ring (bicyclic) bond motifs is 1. The first-order valence-electron chi connectivity index (χ1n) is 7.11. The zero-order valence-corrected chi connectivity index (χ0v) is 14.2. The third kappa shape index (κ3) is 3.18. The Kier molecular flexibility index (Phi) is 4.68. The number of rotatable bonds is 5. The zero-order chi connectivity index (χ0) is 14.7. The van der Waals surface area contributed by atoms with E-state index in [0.717, 1.165) is 13.0 Å². The SMILES string of the molecule is CCCNC(c1ccc(Br)s1)c1cccc2ccncc12. The summed E-state index contributed by atoms with van der Waals surface area (Å²) < 4.78 is 1.17. The average molecular weight is 361 g/mol. The Hall–Kier alpha value is -1.23. The number of aromatic nitrogens is 1. The molecule has 21 heavy (non-hydrogen) atoms. The normalized spacial score (nSPS) is 12.7. The van der Waals surface area contributed by atoms with Gasteiger partial charge in [-0.15, -0.1) is 11.3 Å². The van der Waals surface area contributed by atoms with Crippen LogP contribution in [-0.2, 0) is 0 Å². The van der Waals surface area contributed by atoms with E-state index in [1.165, 1.54) is 25.0 Å². The highest BCUT2D eigenvalue weighted by atomic mass is 79.9. The van der Waals surface area contributed by atoms with Crippen LogP contribution in [0.2, 0.25) is 0 Å². The van der Waals surface area contributed by atoms with Crippen molar-refractivity contribution in [2.75, 3.05) is 6.54 Å². The molecule has 4 heteroatoms. The highest BCUT2D eigenvalue weighted by Crippen LogP contribution is 2.34. The maximum atomic E-state index is 4.30. The summed E-state index contributed by atoms with van der Waals surface area (Å²) in [7, 11) is 0. The lowest BCUT2D eigenvalue weighted by atomic mass is 9.99. The van der Waals surface area contributed by atoms with Gasteiger partial charge < -0.3 is 5.32 Å². The molecule has 0 fully saturated rings. The Morgan fingerprint density at radius 3 is 2.90 bits per heavy atom. The topological polar surface area (TPSA) is 24.9 Å². The predicted octanol–water partition coefficient (Wildman–Crippen LogP) is 5.15. The van der Waals surface area contributed by atoms with Crippen LogP contribution in [0.25, 0.3) is 10.8 Å². The van der Waals surface area contributed by atoms with Crippen molar-refractivity contribution >= 4 is 38.0 Å². The third-order valence-electron chi connectivity index (χ3n) is 3.51. The number of nitrogens with zero attached hydrogens (tertiary/aromatic N) is 1. The van der Waals surface area contributed by atoms with Gasteiger partial charge in [0.25, 0.3) is 0 Å². The minimum Gasteiger partial charge on any atom is -0.306 e. The van der Waals surface area contributed by atoms with Gasteiger partial charge in [0.1, 0.15) is 0 Å². The molecule has 1 N–H and O–H groups in total. The van der Waals surface area contributed by atoms with Gasteiger partial charge in [-0.25, -0.2) is 0 Å². The molecule has 1 unspecified atom stereocenters. The molecule has 3 aromatic rings. The van der Waals surface area contributed by atoms with Gasteiger partial charge in [0, 0.05) is 22.7 Å². The van der Waals surface area contributed by atoms with E-state index in [0.29, 0.717) is 0 Å². The third-order valence-corrected chi connectivity index (χ3v) is 5.19. The van der Waals surface area contributed by atoms with Crippen LogP contribution in [0.15, 0.2) is 52.6 Å². The highest BCUT2D eigenvalue weighted by molar-refractivity contribution is 9.11. The Labute approximate surface area is 137 Å². The maximum Gasteiger partial charge on any atom is 0.0702 e. The second-order valence-corrected chi connectivity index (χ2v) is 7.47. The average Bonchev–Trinajstić information content (AvgIpc) is 2.94. The summed E-state index contributed by atoms with van der Waals surface area (Å²) in [6, 6.07) is 13.1.